The van der Waals surface area contributed by atoms with Crippen LogP contribution in [0.4, 0.5) is 10.1 Å². The van der Waals surface area contributed by atoms with Gasteiger partial charge in [0.1, 0.15) is 5.82 Å². The summed E-state index contributed by atoms with van der Waals surface area (Å²) in [6, 6.07) is 2.50. The fourth-order valence-electron chi connectivity index (χ4n) is 3.59. The molecule has 0 aliphatic carbocycles. The summed E-state index contributed by atoms with van der Waals surface area (Å²) in [6.07, 6.45) is 2.49. The van der Waals surface area contributed by atoms with Gasteiger partial charge in [-0.3, -0.25) is 9.59 Å². The molecule has 3 N–H and O–H groups in total. The van der Waals surface area contributed by atoms with E-state index in [4.69, 9.17) is 10.5 Å². The maximum atomic E-state index is 13.8. The third-order valence-electron chi connectivity index (χ3n) is 4.77. The van der Waals surface area contributed by atoms with Crippen molar-refractivity contribution in [2.24, 2.45) is 11.7 Å². The van der Waals surface area contributed by atoms with Crippen molar-refractivity contribution in [3.63, 3.8) is 0 Å². The first-order valence-corrected chi connectivity index (χ1v) is 7.97. The Balaban J connectivity index is 1.94. The van der Waals surface area contributed by atoms with Crippen LogP contribution in [0.3, 0.4) is 0 Å². The normalized spacial score (nSPS) is 26.7. The monoisotopic (exact) mass is 320 g/mol. The Labute approximate surface area is 134 Å². The Kier molecular flexibility index (Phi) is 4.35. The van der Waals surface area contributed by atoms with Crippen molar-refractivity contribution in [1.29, 1.82) is 0 Å². The summed E-state index contributed by atoms with van der Waals surface area (Å²) in [4.78, 5) is 24.3. The molecular weight excluding hydrogens is 299 g/mol. The smallest absolute Gasteiger partial charge is 0.219 e. The highest BCUT2D eigenvalue weighted by Crippen LogP contribution is 2.36. The van der Waals surface area contributed by atoms with Crippen LogP contribution in [-0.4, -0.2) is 30.4 Å². The van der Waals surface area contributed by atoms with Crippen LogP contribution in [0.25, 0.3) is 0 Å². The Morgan fingerprint density at radius 3 is 2.91 bits per heavy atom. The third-order valence-corrected chi connectivity index (χ3v) is 4.77. The fraction of sp³-hybridized carbons (Fsp3) is 0.529. The zero-order valence-corrected chi connectivity index (χ0v) is 13.1. The molecule has 0 bridgehead atoms. The average molecular weight is 320 g/mol. The minimum atomic E-state index is -0.463. The fourth-order valence-corrected chi connectivity index (χ4v) is 3.59. The summed E-state index contributed by atoms with van der Waals surface area (Å²) in [5.41, 5.74) is 6.63. The lowest BCUT2D eigenvalue weighted by atomic mass is 9.79. The molecule has 0 saturated carbocycles. The van der Waals surface area contributed by atoms with Gasteiger partial charge < -0.3 is 15.8 Å². The molecule has 2 heterocycles. The zero-order chi connectivity index (χ0) is 16.6. The van der Waals surface area contributed by atoms with Crippen molar-refractivity contribution in [3.05, 3.63) is 29.1 Å². The lowest BCUT2D eigenvalue weighted by Gasteiger charge is -2.35. The van der Waals surface area contributed by atoms with E-state index in [-0.39, 0.29) is 24.3 Å². The molecule has 2 aliphatic rings. The number of ketones is 1. The van der Waals surface area contributed by atoms with Gasteiger partial charge in [-0.1, -0.05) is 0 Å². The van der Waals surface area contributed by atoms with Crippen molar-refractivity contribution >= 4 is 17.4 Å². The zero-order valence-electron chi connectivity index (χ0n) is 13.1. The van der Waals surface area contributed by atoms with Crippen LogP contribution in [0.2, 0.25) is 0 Å². The number of nitrogens with two attached hydrogens (primary N) is 1. The van der Waals surface area contributed by atoms with Gasteiger partial charge in [0, 0.05) is 36.2 Å². The molecule has 1 amide bonds. The molecule has 23 heavy (non-hydrogen) atoms. The van der Waals surface area contributed by atoms with Crippen molar-refractivity contribution in [2.45, 2.75) is 44.8 Å². The van der Waals surface area contributed by atoms with E-state index in [1.54, 1.807) is 13.0 Å². The Morgan fingerprint density at radius 2 is 2.26 bits per heavy atom. The second kappa shape index (κ2) is 6.28. The summed E-state index contributed by atoms with van der Waals surface area (Å²) in [6.45, 7) is 2.30. The third kappa shape index (κ3) is 3.08. The summed E-state index contributed by atoms with van der Waals surface area (Å²) in [5.74, 6) is -1.42. The van der Waals surface area contributed by atoms with E-state index in [9.17, 15) is 14.0 Å². The van der Waals surface area contributed by atoms with E-state index in [2.05, 4.69) is 5.32 Å². The van der Waals surface area contributed by atoms with Crippen LogP contribution in [0.15, 0.2) is 12.1 Å². The number of rotatable bonds is 4. The van der Waals surface area contributed by atoms with Crippen molar-refractivity contribution < 1.29 is 18.7 Å². The molecular formula is C17H21FN2O3. The van der Waals surface area contributed by atoms with Gasteiger partial charge >= 0.3 is 0 Å². The van der Waals surface area contributed by atoms with Crippen molar-refractivity contribution in [1.82, 2.24) is 0 Å². The van der Waals surface area contributed by atoms with Gasteiger partial charge in [0.05, 0.1) is 6.10 Å². The molecule has 6 heteroatoms. The summed E-state index contributed by atoms with van der Waals surface area (Å²) >= 11 is 0. The molecule has 5 nitrogen and oxygen atoms in total. The van der Waals surface area contributed by atoms with E-state index < -0.39 is 17.6 Å². The number of nitrogens with one attached hydrogen (secondary N) is 1. The molecule has 124 valence electrons. The molecule has 3 unspecified atom stereocenters. The molecule has 3 rings (SSSR count). The number of anilines is 1. The highest BCUT2D eigenvalue weighted by atomic mass is 19.1. The van der Waals surface area contributed by atoms with Gasteiger partial charge in [-0.15, -0.1) is 0 Å². The van der Waals surface area contributed by atoms with Gasteiger partial charge in [0.25, 0.3) is 0 Å². The number of halogens is 1. The van der Waals surface area contributed by atoms with E-state index >= 15 is 0 Å². The predicted octanol–water partition coefficient (Wildman–Crippen LogP) is 2.17. The van der Waals surface area contributed by atoms with Gasteiger partial charge in [-0.05, 0) is 43.9 Å². The van der Waals surface area contributed by atoms with Crippen LogP contribution in [-0.2, 0) is 9.53 Å². The molecule has 0 aromatic heterocycles. The number of hydrogen-bond acceptors (Lipinski definition) is 4. The minimum Gasteiger partial charge on any atom is -0.380 e. The van der Waals surface area contributed by atoms with Crippen LogP contribution in [0, 0.1) is 18.7 Å². The Morgan fingerprint density at radius 1 is 1.48 bits per heavy atom. The first-order valence-electron chi connectivity index (χ1n) is 7.97. The SMILES string of the molecule is Cc1c(F)ccc2c1C(=O)C(CC1CCCO1)C(CC(N)=O)N2. The standard InChI is InChI=1S/C17H21FN2O3/c1-9-12(18)4-5-13-16(9)17(22)11(7-10-3-2-6-23-10)14(20-13)8-15(19)21/h4-5,10-11,14,20H,2-3,6-8H2,1H3,(H2,19,21). The maximum Gasteiger partial charge on any atom is 0.219 e. The summed E-state index contributed by atoms with van der Waals surface area (Å²) in [7, 11) is 0. The Bertz CT molecular complexity index is 641. The number of benzene rings is 1. The van der Waals surface area contributed by atoms with E-state index in [1.165, 1.54) is 6.07 Å². The van der Waals surface area contributed by atoms with Crippen LogP contribution < -0.4 is 11.1 Å². The van der Waals surface area contributed by atoms with Gasteiger partial charge in [0.2, 0.25) is 5.91 Å². The van der Waals surface area contributed by atoms with Gasteiger partial charge in [-0.2, -0.15) is 0 Å². The van der Waals surface area contributed by atoms with Crippen LogP contribution >= 0.6 is 0 Å². The average Bonchev–Trinajstić information content (AvgIpc) is 2.99. The highest BCUT2D eigenvalue weighted by molar-refractivity contribution is 6.06. The lowest BCUT2D eigenvalue weighted by Crippen LogP contribution is -2.43. The second-order valence-electron chi connectivity index (χ2n) is 6.36. The number of ether oxygens (including phenoxy) is 1. The summed E-state index contributed by atoms with van der Waals surface area (Å²) in [5, 5.41) is 3.21. The molecule has 3 atom stereocenters. The topological polar surface area (TPSA) is 81.4 Å². The number of carbonyl (C=O) groups excluding carboxylic acids is 2. The first-order chi connectivity index (χ1) is 11.0. The quantitative estimate of drug-likeness (QED) is 0.891. The number of primary amides is 1. The molecule has 1 fully saturated rings. The second-order valence-corrected chi connectivity index (χ2v) is 6.36. The molecule has 2 aliphatic heterocycles. The number of hydrogen-bond donors (Lipinski definition) is 2. The van der Waals surface area contributed by atoms with E-state index in [1.807, 2.05) is 0 Å². The highest BCUT2D eigenvalue weighted by Gasteiger charge is 2.39. The predicted molar refractivity (Wildman–Crippen MR) is 83.8 cm³/mol. The van der Waals surface area contributed by atoms with Crippen molar-refractivity contribution in [2.75, 3.05) is 11.9 Å². The van der Waals surface area contributed by atoms with Gasteiger partial charge in [-0.25, -0.2) is 4.39 Å². The minimum absolute atomic E-state index is 0.0107. The summed E-state index contributed by atoms with van der Waals surface area (Å²) < 4.78 is 19.5. The number of carbonyl (C=O) groups is 2. The molecule has 0 radical (unpaired) electrons. The lowest BCUT2D eigenvalue weighted by molar-refractivity contribution is -0.118. The molecule has 0 spiro atoms. The van der Waals surface area contributed by atoms with Gasteiger partial charge in [0.15, 0.2) is 5.78 Å². The van der Waals surface area contributed by atoms with Crippen molar-refractivity contribution in [3.8, 4) is 0 Å². The number of Topliss-reactive ketones (excluding diaryl/α,β-unsaturated/α-hetero) is 1. The number of amides is 1. The molecule has 1 aromatic carbocycles. The van der Waals surface area contributed by atoms with E-state index in [0.29, 0.717) is 29.8 Å². The Hall–Kier alpha value is -1.95. The molecule has 1 aromatic rings. The molecule has 1 saturated heterocycles. The van der Waals surface area contributed by atoms with Crippen LogP contribution in [0.5, 0.6) is 0 Å². The number of fused-ring (bicyclic) bond motifs is 1. The van der Waals surface area contributed by atoms with Crippen LogP contribution in [0.1, 0.15) is 41.6 Å². The first kappa shape index (κ1) is 15.9. The van der Waals surface area contributed by atoms with E-state index in [0.717, 1.165) is 12.8 Å². The maximum absolute atomic E-state index is 13.8. The largest absolute Gasteiger partial charge is 0.380 e.